The van der Waals surface area contributed by atoms with Crippen molar-refractivity contribution in [2.24, 2.45) is 5.92 Å². The second-order valence-corrected chi connectivity index (χ2v) is 7.82. The summed E-state index contributed by atoms with van der Waals surface area (Å²) in [4.78, 5) is 31.6. The highest BCUT2D eigenvalue weighted by Crippen LogP contribution is 2.39. The standard InChI is InChI=1S/C23H22N4O2/c28-21-9-8-20(17-5-4-10-24-12-17)22-18-11-16(14-27(21)22)13-26(15-18)23(29)25-19-6-2-1-3-7-19/h1-10,12,16,18H,11,13-15H2,(H,25,29)/t16-,18-/m1/s1. The van der Waals surface area contributed by atoms with Crippen LogP contribution < -0.4 is 10.9 Å². The number of urea groups is 1. The van der Waals surface area contributed by atoms with Crippen molar-refractivity contribution in [2.45, 2.75) is 18.9 Å². The van der Waals surface area contributed by atoms with Gasteiger partial charge in [-0.3, -0.25) is 9.78 Å². The first-order valence-electron chi connectivity index (χ1n) is 9.94. The molecule has 1 saturated heterocycles. The topological polar surface area (TPSA) is 67.2 Å². The van der Waals surface area contributed by atoms with Gasteiger partial charge >= 0.3 is 6.03 Å². The maximum Gasteiger partial charge on any atom is 0.321 e. The summed E-state index contributed by atoms with van der Waals surface area (Å²) < 4.78 is 1.91. The molecular formula is C23H22N4O2. The minimum atomic E-state index is -0.0828. The summed E-state index contributed by atoms with van der Waals surface area (Å²) in [6.07, 6.45) is 4.57. The maximum absolute atomic E-state index is 12.9. The number of piperidine rings is 1. The molecule has 1 fully saturated rings. The van der Waals surface area contributed by atoms with Gasteiger partial charge in [0.05, 0.1) is 0 Å². The lowest BCUT2D eigenvalue weighted by atomic mass is 9.81. The minimum absolute atomic E-state index is 0.0320. The van der Waals surface area contributed by atoms with E-state index in [4.69, 9.17) is 0 Å². The molecular weight excluding hydrogens is 364 g/mol. The van der Waals surface area contributed by atoms with E-state index in [1.807, 2.05) is 64.2 Å². The van der Waals surface area contributed by atoms with E-state index in [9.17, 15) is 9.59 Å². The summed E-state index contributed by atoms with van der Waals surface area (Å²) in [5.74, 6) is 0.415. The van der Waals surface area contributed by atoms with Crippen LogP contribution in [0.4, 0.5) is 10.5 Å². The average Bonchev–Trinajstić information content (AvgIpc) is 2.75. The second-order valence-electron chi connectivity index (χ2n) is 7.82. The van der Waals surface area contributed by atoms with Crippen LogP contribution in [0.3, 0.4) is 0 Å². The van der Waals surface area contributed by atoms with Gasteiger partial charge in [-0.1, -0.05) is 24.3 Å². The number of likely N-dealkylation sites (tertiary alicyclic amines) is 1. The highest BCUT2D eigenvalue weighted by Gasteiger charge is 2.37. The third kappa shape index (κ3) is 3.31. The fourth-order valence-electron chi connectivity index (χ4n) is 4.67. The SMILES string of the molecule is O=C(Nc1ccccc1)N1C[C@H]2C[C@H](C1)c1c(-c3cccnc3)ccc(=O)n1C2. The molecule has 146 valence electrons. The number of aromatic nitrogens is 2. The maximum atomic E-state index is 12.9. The van der Waals surface area contributed by atoms with Gasteiger partial charge in [0.15, 0.2) is 0 Å². The molecule has 6 nitrogen and oxygen atoms in total. The lowest BCUT2D eigenvalue weighted by molar-refractivity contribution is 0.140. The number of benzene rings is 1. The first-order valence-corrected chi connectivity index (χ1v) is 9.94. The fourth-order valence-corrected chi connectivity index (χ4v) is 4.67. The van der Waals surface area contributed by atoms with Crippen LogP contribution >= 0.6 is 0 Å². The van der Waals surface area contributed by atoms with Gasteiger partial charge in [0, 0.05) is 66.5 Å². The number of carbonyl (C=O) groups is 1. The van der Waals surface area contributed by atoms with E-state index < -0.39 is 0 Å². The molecule has 0 radical (unpaired) electrons. The van der Waals surface area contributed by atoms with Gasteiger partial charge in [-0.15, -0.1) is 0 Å². The van der Waals surface area contributed by atoms with Crippen LogP contribution in [0.25, 0.3) is 11.1 Å². The molecule has 2 aliphatic rings. The van der Waals surface area contributed by atoms with Crippen molar-refractivity contribution in [3.05, 3.63) is 83.0 Å². The first-order chi connectivity index (χ1) is 14.2. The fraction of sp³-hybridized carbons (Fsp3) is 0.261. The number of anilines is 1. The van der Waals surface area contributed by atoms with Gasteiger partial charge in [-0.25, -0.2) is 4.79 Å². The van der Waals surface area contributed by atoms with Crippen LogP contribution in [0.1, 0.15) is 18.0 Å². The minimum Gasteiger partial charge on any atom is -0.324 e. The highest BCUT2D eigenvalue weighted by molar-refractivity contribution is 5.89. The third-order valence-electron chi connectivity index (χ3n) is 5.87. The molecule has 0 spiro atoms. The lowest BCUT2D eigenvalue weighted by Gasteiger charge is -2.43. The Morgan fingerprint density at radius 3 is 2.66 bits per heavy atom. The van der Waals surface area contributed by atoms with Crippen molar-refractivity contribution >= 4 is 11.7 Å². The number of amides is 2. The Balaban J connectivity index is 1.47. The van der Waals surface area contributed by atoms with Gasteiger partial charge in [0.25, 0.3) is 5.56 Å². The predicted molar refractivity (Wildman–Crippen MR) is 112 cm³/mol. The van der Waals surface area contributed by atoms with E-state index in [2.05, 4.69) is 10.3 Å². The number of fused-ring (bicyclic) bond motifs is 4. The van der Waals surface area contributed by atoms with Crippen LogP contribution in [0, 0.1) is 5.92 Å². The molecule has 4 heterocycles. The zero-order chi connectivity index (χ0) is 19.8. The Morgan fingerprint density at radius 1 is 1.00 bits per heavy atom. The Morgan fingerprint density at radius 2 is 1.86 bits per heavy atom. The summed E-state index contributed by atoms with van der Waals surface area (Å²) in [5, 5.41) is 2.99. The van der Waals surface area contributed by atoms with E-state index in [1.54, 1.807) is 12.3 Å². The lowest BCUT2D eigenvalue weighted by Crippen LogP contribution is -2.50. The second kappa shape index (κ2) is 7.20. The van der Waals surface area contributed by atoms with E-state index in [1.165, 1.54) is 0 Å². The summed E-state index contributed by atoms with van der Waals surface area (Å²) in [7, 11) is 0. The number of nitrogens with one attached hydrogen (secondary N) is 1. The van der Waals surface area contributed by atoms with Crippen LogP contribution in [-0.4, -0.2) is 33.6 Å². The van der Waals surface area contributed by atoms with E-state index >= 15 is 0 Å². The molecule has 1 aromatic carbocycles. The molecule has 0 unspecified atom stereocenters. The number of hydrogen-bond donors (Lipinski definition) is 1. The number of para-hydroxylation sites is 1. The van der Waals surface area contributed by atoms with E-state index in [0.29, 0.717) is 19.6 Å². The average molecular weight is 386 g/mol. The molecule has 5 rings (SSSR count). The van der Waals surface area contributed by atoms with Gasteiger partial charge in [0.2, 0.25) is 0 Å². The number of pyridine rings is 2. The Labute approximate surface area is 168 Å². The molecule has 6 heteroatoms. The van der Waals surface area contributed by atoms with Crippen LogP contribution in [0.15, 0.2) is 71.8 Å². The number of hydrogen-bond acceptors (Lipinski definition) is 3. The van der Waals surface area contributed by atoms with Crippen molar-refractivity contribution in [1.82, 2.24) is 14.5 Å². The monoisotopic (exact) mass is 386 g/mol. The molecule has 3 aromatic rings. The molecule has 2 aliphatic heterocycles. The first kappa shape index (κ1) is 17.7. The quantitative estimate of drug-likeness (QED) is 0.732. The van der Waals surface area contributed by atoms with E-state index in [-0.39, 0.29) is 23.4 Å². The Hall–Kier alpha value is -3.41. The summed E-state index contributed by atoms with van der Waals surface area (Å²) in [5.41, 5.74) is 3.89. The summed E-state index contributed by atoms with van der Waals surface area (Å²) >= 11 is 0. The molecule has 29 heavy (non-hydrogen) atoms. The van der Waals surface area contributed by atoms with E-state index in [0.717, 1.165) is 28.9 Å². The largest absolute Gasteiger partial charge is 0.324 e. The highest BCUT2D eigenvalue weighted by atomic mass is 16.2. The molecule has 2 atom stereocenters. The summed E-state index contributed by atoms with van der Waals surface area (Å²) in [6.45, 7) is 1.91. The predicted octanol–water partition coefficient (Wildman–Crippen LogP) is 3.56. The zero-order valence-electron chi connectivity index (χ0n) is 16.0. The van der Waals surface area contributed by atoms with Crippen molar-refractivity contribution in [2.75, 3.05) is 18.4 Å². The van der Waals surface area contributed by atoms with Crippen molar-refractivity contribution in [3.63, 3.8) is 0 Å². The molecule has 2 bridgehead atoms. The van der Waals surface area contributed by atoms with Crippen molar-refractivity contribution in [1.29, 1.82) is 0 Å². The summed E-state index contributed by atoms with van der Waals surface area (Å²) in [6, 6.07) is 16.9. The number of carbonyl (C=O) groups excluding carboxylic acids is 1. The zero-order valence-corrected chi connectivity index (χ0v) is 16.0. The number of rotatable bonds is 2. The molecule has 1 N–H and O–H groups in total. The van der Waals surface area contributed by atoms with Crippen molar-refractivity contribution < 1.29 is 4.79 Å². The van der Waals surface area contributed by atoms with Crippen LogP contribution in [-0.2, 0) is 6.54 Å². The smallest absolute Gasteiger partial charge is 0.321 e. The van der Waals surface area contributed by atoms with Crippen molar-refractivity contribution in [3.8, 4) is 11.1 Å². The van der Waals surface area contributed by atoms with Gasteiger partial charge in [-0.2, -0.15) is 0 Å². The molecule has 0 aliphatic carbocycles. The third-order valence-corrected chi connectivity index (χ3v) is 5.87. The molecule has 2 aromatic heterocycles. The van der Waals surface area contributed by atoms with Gasteiger partial charge < -0.3 is 14.8 Å². The van der Waals surface area contributed by atoms with Gasteiger partial charge in [-0.05, 0) is 36.6 Å². The van der Waals surface area contributed by atoms with Crippen LogP contribution in [0.2, 0.25) is 0 Å². The molecule has 2 amide bonds. The molecule has 0 saturated carbocycles. The Kier molecular flexibility index (Phi) is 4.39. The Bertz CT molecular complexity index is 1090. The number of nitrogens with zero attached hydrogens (tertiary/aromatic N) is 3. The van der Waals surface area contributed by atoms with Crippen LogP contribution in [0.5, 0.6) is 0 Å². The normalized spacial score (nSPS) is 20.1. The van der Waals surface area contributed by atoms with Gasteiger partial charge in [0.1, 0.15) is 0 Å².